The summed E-state index contributed by atoms with van der Waals surface area (Å²) >= 11 is 0. The first kappa shape index (κ1) is 19.6. The minimum absolute atomic E-state index is 0.0106. The molecule has 0 radical (unpaired) electrons. The van der Waals surface area contributed by atoms with Gasteiger partial charge in [-0.1, -0.05) is 42.5 Å². The van der Waals surface area contributed by atoms with Gasteiger partial charge in [-0.3, -0.25) is 14.6 Å². The summed E-state index contributed by atoms with van der Waals surface area (Å²) in [6, 6.07) is 18.7. The molecular formula is C23H31N3O. The molecule has 0 aliphatic carbocycles. The van der Waals surface area contributed by atoms with Crippen LogP contribution in [-0.2, 0) is 13.1 Å². The van der Waals surface area contributed by atoms with E-state index in [0.29, 0.717) is 0 Å². The van der Waals surface area contributed by atoms with E-state index in [-0.39, 0.29) is 11.4 Å². The van der Waals surface area contributed by atoms with Gasteiger partial charge in [-0.25, -0.2) is 0 Å². The highest BCUT2D eigenvalue weighted by Crippen LogP contribution is 2.13. The van der Waals surface area contributed by atoms with E-state index in [4.69, 9.17) is 0 Å². The number of amides is 1. The van der Waals surface area contributed by atoms with Gasteiger partial charge in [-0.2, -0.15) is 0 Å². The highest BCUT2D eigenvalue weighted by atomic mass is 16.1. The highest BCUT2D eigenvalue weighted by molar-refractivity contribution is 5.94. The molecular weight excluding hydrogens is 334 g/mol. The molecule has 2 aromatic rings. The zero-order valence-electron chi connectivity index (χ0n) is 16.7. The fourth-order valence-electron chi connectivity index (χ4n) is 3.38. The number of nitrogens with one attached hydrogen (secondary N) is 1. The van der Waals surface area contributed by atoms with Gasteiger partial charge in [0.25, 0.3) is 5.91 Å². The van der Waals surface area contributed by atoms with Crippen LogP contribution in [0.3, 0.4) is 0 Å². The molecule has 1 aliphatic rings. The van der Waals surface area contributed by atoms with E-state index in [1.54, 1.807) is 0 Å². The van der Waals surface area contributed by atoms with E-state index < -0.39 is 0 Å². The van der Waals surface area contributed by atoms with Crippen LogP contribution in [-0.4, -0.2) is 47.4 Å². The summed E-state index contributed by atoms with van der Waals surface area (Å²) in [5.74, 6) is -0.0106. The monoisotopic (exact) mass is 365 g/mol. The quantitative estimate of drug-likeness (QED) is 0.880. The number of carbonyl (C=O) groups excluding carboxylic acids is 1. The molecule has 0 aromatic heterocycles. The lowest BCUT2D eigenvalue weighted by Crippen LogP contribution is -2.45. The van der Waals surface area contributed by atoms with Gasteiger partial charge < -0.3 is 5.32 Å². The minimum atomic E-state index is -0.213. The first-order valence-electron chi connectivity index (χ1n) is 9.79. The van der Waals surface area contributed by atoms with Gasteiger partial charge in [0.1, 0.15) is 0 Å². The maximum Gasteiger partial charge on any atom is 0.251 e. The van der Waals surface area contributed by atoms with Crippen molar-refractivity contribution in [3.05, 3.63) is 71.3 Å². The van der Waals surface area contributed by atoms with Gasteiger partial charge in [0.15, 0.2) is 0 Å². The van der Waals surface area contributed by atoms with Crippen molar-refractivity contribution in [2.75, 3.05) is 26.2 Å². The average molecular weight is 366 g/mol. The molecule has 0 unspecified atom stereocenters. The third-order valence-electron chi connectivity index (χ3n) is 4.82. The number of piperazine rings is 1. The van der Waals surface area contributed by atoms with E-state index in [1.165, 1.54) is 11.1 Å². The Labute approximate surface area is 163 Å². The van der Waals surface area contributed by atoms with Gasteiger partial charge in [0, 0.05) is 50.4 Å². The molecule has 1 saturated heterocycles. The van der Waals surface area contributed by atoms with E-state index in [9.17, 15) is 4.79 Å². The summed E-state index contributed by atoms with van der Waals surface area (Å²) in [7, 11) is 0. The lowest BCUT2D eigenvalue weighted by molar-refractivity contribution is 0.0919. The van der Waals surface area contributed by atoms with Crippen molar-refractivity contribution in [1.82, 2.24) is 15.1 Å². The normalized spacial score (nSPS) is 16.3. The van der Waals surface area contributed by atoms with Crippen LogP contribution in [0.4, 0.5) is 0 Å². The Morgan fingerprint density at radius 1 is 0.815 bits per heavy atom. The zero-order chi connectivity index (χ0) is 19.3. The molecule has 4 nitrogen and oxygen atoms in total. The molecule has 27 heavy (non-hydrogen) atoms. The maximum atomic E-state index is 12.2. The molecule has 1 heterocycles. The molecule has 0 spiro atoms. The summed E-state index contributed by atoms with van der Waals surface area (Å²) in [6.07, 6.45) is 0. The number of hydrogen-bond acceptors (Lipinski definition) is 3. The molecule has 1 N–H and O–H groups in total. The van der Waals surface area contributed by atoms with Gasteiger partial charge in [0.2, 0.25) is 0 Å². The summed E-state index contributed by atoms with van der Waals surface area (Å²) in [4.78, 5) is 17.2. The molecule has 1 amide bonds. The SMILES string of the molecule is CC(C)(C)NC(=O)c1ccc(CN2CCN(Cc3ccccc3)CC2)cc1. The highest BCUT2D eigenvalue weighted by Gasteiger charge is 2.18. The standard InChI is InChI=1S/C23H31N3O/c1-23(2,3)24-22(27)21-11-9-20(10-12-21)18-26-15-13-25(14-16-26)17-19-7-5-4-6-8-19/h4-12H,13-18H2,1-3H3,(H,24,27). The molecule has 3 rings (SSSR count). The molecule has 0 bridgehead atoms. The largest absolute Gasteiger partial charge is 0.347 e. The second kappa shape index (κ2) is 8.68. The third-order valence-corrected chi connectivity index (χ3v) is 4.82. The molecule has 0 atom stereocenters. The van der Waals surface area contributed by atoms with Crippen LogP contribution in [0, 0.1) is 0 Å². The van der Waals surface area contributed by atoms with Crippen molar-refractivity contribution in [3.63, 3.8) is 0 Å². The summed E-state index contributed by atoms with van der Waals surface area (Å²) in [5.41, 5.74) is 3.16. The average Bonchev–Trinajstić information content (AvgIpc) is 2.63. The number of carbonyl (C=O) groups is 1. The third kappa shape index (κ3) is 6.19. The second-order valence-corrected chi connectivity index (χ2v) is 8.44. The van der Waals surface area contributed by atoms with Crippen LogP contribution >= 0.6 is 0 Å². The number of rotatable bonds is 5. The molecule has 2 aromatic carbocycles. The Bertz CT molecular complexity index is 726. The fourth-order valence-corrected chi connectivity index (χ4v) is 3.38. The van der Waals surface area contributed by atoms with Crippen LogP contribution in [0.25, 0.3) is 0 Å². The van der Waals surface area contributed by atoms with Crippen molar-refractivity contribution in [3.8, 4) is 0 Å². The Balaban J connectivity index is 1.47. The second-order valence-electron chi connectivity index (χ2n) is 8.44. The van der Waals surface area contributed by atoms with E-state index in [0.717, 1.165) is 44.8 Å². The van der Waals surface area contributed by atoms with Gasteiger partial charge in [-0.15, -0.1) is 0 Å². The van der Waals surface area contributed by atoms with Crippen molar-refractivity contribution >= 4 is 5.91 Å². The molecule has 4 heteroatoms. The summed E-state index contributed by atoms with van der Waals surface area (Å²) < 4.78 is 0. The summed E-state index contributed by atoms with van der Waals surface area (Å²) in [5, 5.41) is 3.01. The molecule has 144 valence electrons. The smallest absolute Gasteiger partial charge is 0.251 e. The molecule has 0 saturated carbocycles. The van der Waals surface area contributed by atoms with Crippen LogP contribution < -0.4 is 5.32 Å². The predicted octanol–water partition coefficient (Wildman–Crippen LogP) is 3.53. The van der Waals surface area contributed by atoms with Crippen LogP contribution in [0.5, 0.6) is 0 Å². The number of benzene rings is 2. The van der Waals surface area contributed by atoms with Gasteiger partial charge >= 0.3 is 0 Å². The van der Waals surface area contributed by atoms with Crippen LogP contribution in [0.1, 0.15) is 42.3 Å². The van der Waals surface area contributed by atoms with Crippen molar-refractivity contribution in [1.29, 1.82) is 0 Å². The van der Waals surface area contributed by atoms with Gasteiger partial charge in [0.05, 0.1) is 0 Å². The predicted molar refractivity (Wildman–Crippen MR) is 111 cm³/mol. The Morgan fingerprint density at radius 2 is 1.30 bits per heavy atom. The molecule has 1 aliphatic heterocycles. The van der Waals surface area contributed by atoms with E-state index >= 15 is 0 Å². The minimum Gasteiger partial charge on any atom is -0.347 e. The first-order valence-corrected chi connectivity index (χ1v) is 9.79. The van der Waals surface area contributed by atoms with Crippen molar-refractivity contribution < 1.29 is 4.79 Å². The Kier molecular flexibility index (Phi) is 6.30. The van der Waals surface area contributed by atoms with E-state index in [1.807, 2.05) is 32.9 Å². The van der Waals surface area contributed by atoms with Crippen LogP contribution in [0.15, 0.2) is 54.6 Å². The van der Waals surface area contributed by atoms with Crippen molar-refractivity contribution in [2.24, 2.45) is 0 Å². The Morgan fingerprint density at radius 3 is 1.78 bits per heavy atom. The zero-order valence-corrected chi connectivity index (χ0v) is 16.7. The van der Waals surface area contributed by atoms with Gasteiger partial charge in [-0.05, 0) is 44.0 Å². The summed E-state index contributed by atoms with van der Waals surface area (Å²) in [6.45, 7) is 12.3. The fraction of sp³-hybridized carbons (Fsp3) is 0.435. The number of hydrogen-bond donors (Lipinski definition) is 1. The Hall–Kier alpha value is -2.17. The van der Waals surface area contributed by atoms with E-state index in [2.05, 4.69) is 57.6 Å². The molecule has 1 fully saturated rings. The van der Waals surface area contributed by atoms with Crippen molar-refractivity contribution in [2.45, 2.75) is 39.4 Å². The lowest BCUT2D eigenvalue weighted by atomic mass is 10.1. The lowest BCUT2D eigenvalue weighted by Gasteiger charge is -2.34. The van der Waals surface area contributed by atoms with Crippen LogP contribution in [0.2, 0.25) is 0 Å². The maximum absolute atomic E-state index is 12.2. The number of nitrogens with zero attached hydrogens (tertiary/aromatic N) is 2. The first-order chi connectivity index (χ1) is 12.9. The topological polar surface area (TPSA) is 35.6 Å².